The molecule has 2 heteroatoms. The van der Waals surface area contributed by atoms with E-state index < -0.39 is 5.54 Å². The average Bonchev–Trinajstić information content (AvgIpc) is 2.64. The Morgan fingerprint density at radius 3 is 1.85 bits per heavy atom. The first-order valence-corrected chi connectivity index (χ1v) is 8.93. The third-order valence-electron chi connectivity index (χ3n) is 4.75. The van der Waals surface area contributed by atoms with Gasteiger partial charge in [-0.15, -0.1) is 0 Å². The van der Waals surface area contributed by atoms with Crippen molar-refractivity contribution in [1.82, 2.24) is 0 Å². The minimum Gasteiger partial charge on any atom is -0.215 e. The summed E-state index contributed by atoms with van der Waals surface area (Å²) < 4.78 is 0. The van der Waals surface area contributed by atoms with Gasteiger partial charge < -0.3 is 0 Å². The molecule has 0 heterocycles. The van der Waals surface area contributed by atoms with Gasteiger partial charge in [-0.25, -0.2) is 5.06 Å². The maximum absolute atomic E-state index is 12.7. The van der Waals surface area contributed by atoms with Gasteiger partial charge >= 0.3 is 0 Å². The van der Waals surface area contributed by atoms with E-state index in [0.29, 0.717) is 5.69 Å². The lowest BCUT2D eigenvalue weighted by molar-refractivity contribution is 0.102. The Kier molecular flexibility index (Phi) is 3.93. The van der Waals surface area contributed by atoms with Crippen molar-refractivity contribution in [2.24, 2.45) is 0 Å². The van der Waals surface area contributed by atoms with E-state index in [9.17, 15) is 5.21 Å². The molecule has 0 amide bonds. The minimum absolute atomic E-state index is 0.473. The highest BCUT2D eigenvalue weighted by molar-refractivity contribution is 6.12. The number of hydrogen-bond donors (Lipinski definition) is 0. The van der Waals surface area contributed by atoms with E-state index in [1.54, 1.807) is 0 Å². The summed E-state index contributed by atoms with van der Waals surface area (Å²) in [7, 11) is 0. The number of nitrogens with zero attached hydrogens (tertiary/aromatic N) is 1. The number of rotatable bonds is 2. The topological polar surface area (TPSA) is 23.1 Å². The highest BCUT2D eigenvalue weighted by Crippen LogP contribution is 2.38. The van der Waals surface area contributed by atoms with Gasteiger partial charge in [-0.1, -0.05) is 65.9 Å². The maximum Gasteiger partial charge on any atom is 0.0680 e. The maximum atomic E-state index is 12.7. The minimum atomic E-state index is -0.473. The lowest BCUT2D eigenvalue weighted by atomic mass is 9.92. The third kappa shape index (κ3) is 2.83. The zero-order chi connectivity index (χ0) is 18.3. The largest absolute Gasteiger partial charge is 0.215 e. The van der Waals surface area contributed by atoms with E-state index in [1.807, 2.05) is 39.0 Å². The van der Waals surface area contributed by atoms with Gasteiger partial charge in [0.15, 0.2) is 0 Å². The number of benzene rings is 4. The third-order valence-corrected chi connectivity index (χ3v) is 4.75. The molecule has 0 N–H and O–H groups in total. The standard InChI is InChI=1S/C24H22NO/c1-24(2,3)25(26)20-12-8-11-19(16-20)23-21-13-6-4-9-17(21)15-18-10-5-7-14-22(18)23/h4-16H,1-3H3. The molecule has 0 unspecified atom stereocenters. The van der Waals surface area contributed by atoms with Crippen LogP contribution in [0, 0.1) is 0 Å². The Bertz CT molecular complexity index is 1040. The molecule has 0 fully saturated rings. The van der Waals surface area contributed by atoms with E-state index in [4.69, 9.17) is 0 Å². The van der Waals surface area contributed by atoms with Crippen LogP contribution < -0.4 is 5.06 Å². The van der Waals surface area contributed by atoms with Gasteiger partial charge in [-0.2, -0.15) is 0 Å². The van der Waals surface area contributed by atoms with Crippen LogP contribution in [-0.4, -0.2) is 5.54 Å². The average molecular weight is 340 g/mol. The first-order valence-electron chi connectivity index (χ1n) is 8.93. The summed E-state index contributed by atoms with van der Waals surface area (Å²) in [6, 6.07) is 27.0. The van der Waals surface area contributed by atoms with E-state index in [-0.39, 0.29) is 0 Å². The molecular weight excluding hydrogens is 318 g/mol. The molecule has 0 bridgehead atoms. The summed E-state index contributed by atoms with van der Waals surface area (Å²) in [6.07, 6.45) is 0. The molecule has 26 heavy (non-hydrogen) atoms. The van der Waals surface area contributed by atoms with Crippen LogP contribution in [-0.2, 0) is 5.21 Å². The molecule has 4 aromatic carbocycles. The van der Waals surface area contributed by atoms with Crippen LogP contribution in [0.1, 0.15) is 20.8 Å². The molecule has 0 saturated carbocycles. The van der Waals surface area contributed by atoms with Gasteiger partial charge in [0.05, 0.1) is 11.2 Å². The summed E-state index contributed by atoms with van der Waals surface area (Å²) in [4.78, 5) is 0. The molecular formula is C24H22NO. The van der Waals surface area contributed by atoms with E-state index >= 15 is 0 Å². The lowest BCUT2D eigenvalue weighted by Crippen LogP contribution is -2.37. The smallest absolute Gasteiger partial charge is 0.0680 e. The Balaban J connectivity index is 2.02. The van der Waals surface area contributed by atoms with Crippen molar-refractivity contribution in [1.29, 1.82) is 0 Å². The zero-order valence-corrected chi connectivity index (χ0v) is 15.4. The van der Waals surface area contributed by atoms with Crippen molar-refractivity contribution in [3.8, 4) is 11.1 Å². The molecule has 4 rings (SSSR count). The van der Waals surface area contributed by atoms with Gasteiger partial charge in [-0.3, -0.25) is 0 Å². The van der Waals surface area contributed by atoms with Crippen LogP contribution >= 0.6 is 0 Å². The van der Waals surface area contributed by atoms with Gasteiger partial charge in [-0.05, 0) is 71.6 Å². The van der Waals surface area contributed by atoms with Crippen LogP contribution in [0.4, 0.5) is 5.69 Å². The zero-order valence-electron chi connectivity index (χ0n) is 15.4. The molecule has 1 radical (unpaired) electrons. The fourth-order valence-corrected chi connectivity index (χ4v) is 3.50. The van der Waals surface area contributed by atoms with Gasteiger partial charge in [0.1, 0.15) is 0 Å². The Labute approximate surface area is 154 Å². The van der Waals surface area contributed by atoms with Crippen LogP contribution in [0.5, 0.6) is 0 Å². The predicted molar refractivity (Wildman–Crippen MR) is 110 cm³/mol. The predicted octanol–water partition coefficient (Wildman–Crippen LogP) is 6.61. The summed E-state index contributed by atoms with van der Waals surface area (Å²) in [6.45, 7) is 5.79. The van der Waals surface area contributed by atoms with Crippen molar-refractivity contribution < 1.29 is 5.21 Å². The molecule has 129 valence electrons. The summed E-state index contributed by atoms with van der Waals surface area (Å²) in [5.41, 5.74) is 2.47. The second kappa shape index (κ2) is 6.15. The van der Waals surface area contributed by atoms with Crippen molar-refractivity contribution in [2.75, 3.05) is 5.06 Å². The lowest BCUT2D eigenvalue weighted by Gasteiger charge is -2.29. The Morgan fingerprint density at radius 1 is 0.692 bits per heavy atom. The number of hydrogen-bond acceptors (Lipinski definition) is 1. The monoisotopic (exact) mass is 340 g/mol. The first-order chi connectivity index (χ1) is 12.4. The Hall–Kier alpha value is -2.84. The number of fused-ring (bicyclic) bond motifs is 2. The van der Waals surface area contributed by atoms with Crippen LogP contribution in [0.3, 0.4) is 0 Å². The van der Waals surface area contributed by atoms with Gasteiger partial charge in [0, 0.05) is 0 Å². The summed E-state index contributed by atoms with van der Waals surface area (Å²) in [5.74, 6) is 0. The quantitative estimate of drug-likeness (QED) is 0.297. The molecule has 0 spiro atoms. The van der Waals surface area contributed by atoms with E-state index in [1.165, 1.54) is 27.1 Å². The summed E-state index contributed by atoms with van der Waals surface area (Å²) >= 11 is 0. The molecule has 2 nitrogen and oxygen atoms in total. The molecule has 0 aliphatic rings. The summed E-state index contributed by atoms with van der Waals surface area (Å²) in [5, 5.41) is 18.6. The second-order valence-corrected chi connectivity index (χ2v) is 7.71. The normalized spacial score (nSPS) is 11.8. The van der Waals surface area contributed by atoms with E-state index in [2.05, 4.69) is 60.7 Å². The van der Waals surface area contributed by atoms with Crippen LogP contribution in [0.15, 0.2) is 78.9 Å². The van der Waals surface area contributed by atoms with E-state index in [0.717, 1.165) is 10.6 Å². The van der Waals surface area contributed by atoms with Crippen molar-refractivity contribution in [3.63, 3.8) is 0 Å². The Morgan fingerprint density at radius 2 is 1.27 bits per heavy atom. The fourth-order valence-electron chi connectivity index (χ4n) is 3.50. The van der Waals surface area contributed by atoms with Crippen LogP contribution in [0.25, 0.3) is 32.7 Å². The van der Waals surface area contributed by atoms with Crippen molar-refractivity contribution in [3.05, 3.63) is 78.9 Å². The van der Waals surface area contributed by atoms with Crippen molar-refractivity contribution in [2.45, 2.75) is 26.3 Å². The SMILES string of the molecule is CC(C)(C)N([O])c1cccc(-c2c3ccccc3cc3ccccc23)c1. The highest BCUT2D eigenvalue weighted by atomic mass is 16.5. The molecule has 0 aromatic heterocycles. The highest BCUT2D eigenvalue weighted by Gasteiger charge is 2.22. The molecule has 0 aliphatic heterocycles. The fraction of sp³-hybridized carbons (Fsp3) is 0.167. The van der Waals surface area contributed by atoms with Gasteiger partial charge in [0.2, 0.25) is 0 Å². The van der Waals surface area contributed by atoms with Crippen LogP contribution in [0.2, 0.25) is 0 Å². The second-order valence-electron chi connectivity index (χ2n) is 7.71. The van der Waals surface area contributed by atoms with Crippen molar-refractivity contribution >= 4 is 27.2 Å². The molecule has 4 aromatic rings. The molecule has 0 aliphatic carbocycles. The number of anilines is 1. The molecule has 0 saturated heterocycles. The molecule has 0 atom stereocenters. The first kappa shape index (κ1) is 16.6. The number of hydroxylamine groups is 1. The van der Waals surface area contributed by atoms with Gasteiger partial charge in [0.25, 0.3) is 0 Å².